The van der Waals surface area contributed by atoms with E-state index in [2.05, 4.69) is 15.3 Å². The smallest absolute Gasteiger partial charge is 0.272 e. The number of rotatable bonds is 5. The first kappa shape index (κ1) is 18.3. The molecule has 4 rings (SSSR count). The second kappa shape index (κ2) is 7.52. The van der Waals surface area contributed by atoms with Gasteiger partial charge in [-0.25, -0.2) is 9.97 Å². The van der Waals surface area contributed by atoms with Crippen molar-refractivity contribution in [2.75, 3.05) is 5.32 Å². The molecular formula is C21H20N4O2S. The molecule has 4 aromatic rings. The first-order valence-corrected chi connectivity index (χ1v) is 10.1. The minimum Gasteiger partial charge on any atom is -0.324 e. The molecular weight excluding hydrogens is 372 g/mol. The average molecular weight is 392 g/mol. The first-order chi connectivity index (χ1) is 13.6. The highest BCUT2D eigenvalue weighted by Crippen LogP contribution is 2.28. The van der Waals surface area contributed by atoms with E-state index in [0.29, 0.717) is 16.6 Å². The van der Waals surface area contributed by atoms with Gasteiger partial charge in [-0.2, -0.15) is 0 Å². The molecule has 0 aliphatic heterocycles. The Labute approximate surface area is 165 Å². The van der Waals surface area contributed by atoms with Gasteiger partial charge in [-0.1, -0.05) is 32.0 Å². The Hall–Kier alpha value is -3.06. The lowest BCUT2D eigenvalue weighted by Gasteiger charge is -2.18. The quantitative estimate of drug-likeness (QED) is 0.553. The molecule has 28 heavy (non-hydrogen) atoms. The maximum Gasteiger partial charge on any atom is 0.272 e. The van der Waals surface area contributed by atoms with Crippen LogP contribution in [0, 0.1) is 0 Å². The summed E-state index contributed by atoms with van der Waals surface area (Å²) in [6, 6.07) is 10.8. The number of carbonyl (C=O) groups is 1. The molecule has 0 unspecified atom stereocenters. The Kier molecular flexibility index (Phi) is 4.92. The average Bonchev–Trinajstić information content (AvgIpc) is 3.10. The lowest BCUT2D eigenvalue weighted by Crippen LogP contribution is -2.33. The van der Waals surface area contributed by atoms with E-state index in [1.54, 1.807) is 6.20 Å². The molecule has 6 nitrogen and oxygen atoms in total. The van der Waals surface area contributed by atoms with Crippen molar-refractivity contribution in [2.24, 2.45) is 0 Å². The van der Waals surface area contributed by atoms with Crippen LogP contribution in [0.1, 0.15) is 31.9 Å². The van der Waals surface area contributed by atoms with Gasteiger partial charge in [0, 0.05) is 17.3 Å². The number of nitrogens with one attached hydrogen (secondary N) is 1. The third-order valence-electron chi connectivity index (χ3n) is 4.86. The summed E-state index contributed by atoms with van der Waals surface area (Å²) in [6.45, 7) is 3.93. The zero-order valence-electron chi connectivity index (χ0n) is 15.7. The van der Waals surface area contributed by atoms with Gasteiger partial charge >= 0.3 is 0 Å². The van der Waals surface area contributed by atoms with Crippen LogP contribution < -0.4 is 10.9 Å². The second-order valence-electron chi connectivity index (χ2n) is 6.52. The third-order valence-corrected chi connectivity index (χ3v) is 5.95. The van der Waals surface area contributed by atoms with E-state index in [9.17, 15) is 9.59 Å². The zero-order valence-corrected chi connectivity index (χ0v) is 16.5. The monoisotopic (exact) mass is 392 g/mol. The number of fused-ring (bicyclic) bond motifs is 3. The van der Waals surface area contributed by atoms with Crippen LogP contribution >= 0.6 is 11.3 Å². The number of aryl methyl sites for hydroxylation is 1. The Morgan fingerprint density at radius 2 is 2.00 bits per heavy atom. The van der Waals surface area contributed by atoms with Crippen molar-refractivity contribution in [1.82, 2.24) is 14.5 Å². The molecule has 0 fully saturated rings. The van der Waals surface area contributed by atoms with Gasteiger partial charge in [0.15, 0.2) is 0 Å². The summed E-state index contributed by atoms with van der Waals surface area (Å²) in [5.74, 6) is -0.217. The van der Waals surface area contributed by atoms with Gasteiger partial charge in [-0.05, 0) is 36.6 Å². The Balaban J connectivity index is 1.74. The third kappa shape index (κ3) is 3.07. The maximum absolute atomic E-state index is 13.1. The number of thiophene rings is 1. The minimum atomic E-state index is -0.632. The summed E-state index contributed by atoms with van der Waals surface area (Å²) in [4.78, 5) is 35.6. The lowest BCUT2D eigenvalue weighted by molar-refractivity contribution is -0.119. The molecule has 0 aliphatic rings. The van der Waals surface area contributed by atoms with Gasteiger partial charge in [0.25, 0.3) is 5.56 Å². The van der Waals surface area contributed by atoms with Crippen LogP contribution in [0.2, 0.25) is 0 Å². The number of hydrogen-bond acceptors (Lipinski definition) is 5. The summed E-state index contributed by atoms with van der Waals surface area (Å²) < 4.78 is 1.96. The highest BCUT2D eigenvalue weighted by atomic mass is 32.1. The van der Waals surface area contributed by atoms with E-state index in [-0.39, 0.29) is 11.5 Å². The summed E-state index contributed by atoms with van der Waals surface area (Å²) in [6.07, 6.45) is 4.47. The molecule has 1 N–H and O–H groups in total. The molecule has 0 spiro atoms. The fourth-order valence-electron chi connectivity index (χ4n) is 3.38. The van der Waals surface area contributed by atoms with Crippen LogP contribution in [0.25, 0.3) is 20.4 Å². The maximum atomic E-state index is 13.1. The van der Waals surface area contributed by atoms with Crippen molar-refractivity contribution in [3.8, 4) is 0 Å². The van der Waals surface area contributed by atoms with E-state index in [4.69, 9.17) is 0 Å². The summed E-state index contributed by atoms with van der Waals surface area (Å²) in [7, 11) is 0. The van der Waals surface area contributed by atoms with Crippen LogP contribution in [0.5, 0.6) is 0 Å². The van der Waals surface area contributed by atoms with Crippen LogP contribution in [-0.2, 0) is 11.2 Å². The predicted octanol–water partition coefficient (Wildman–Crippen LogP) is 4.16. The van der Waals surface area contributed by atoms with Crippen LogP contribution in [-0.4, -0.2) is 20.4 Å². The summed E-state index contributed by atoms with van der Waals surface area (Å²) >= 11 is 1.31. The molecule has 7 heteroatoms. The van der Waals surface area contributed by atoms with Crippen LogP contribution in [0.15, 0.2) is 53.7 Å². The van der Waals surface area contributed by atoms with E-state index < -0.39 is 6.04 Å². The Morgan fingerprint density at radius 3 is 2.79 bits per heavy atom. The van der Waals surface area contributed by atoms with E-state index in [1.807, 2.05) is 50.2 Å². The second-order valence-corrected chi connectivity index (χ2v) is 7.52. The molecule has 0 bridgehead atoms. The van der Waals surface area contributed by atoms with Gasteiger partial charge in [0.05, 0.1) is 11.8 Å². The topological polar surface area (TPSA) is 76.9 Å². The fraction of sp³-hybridized carbons (Fsp3) is 0.238. The number of hydrogen-bond donors (Lipinski definition) is 1. The molecule has 142 valence electrons. The van der Waals surface area contributed by atoms with Gasteiger partial charge in [-0.15, -0.1) is 11.3 Å². The summed E-state index contributed by atoms with van der Waals surface area (Å²) in [5, 5.41) is 3.84. The highest BCUT2D eigenvalue weighted by Gasteiger charge is 2.23. The number of anilines is 1. The first-order valence-electron chi connectivity index (χ1n) is 9.27. The van der Waals surface area contributed by atoms with Crippen LogP contribution in [0.4, 0.5) is 5.69 Å². The van der Waals surface area contributed by atoms with Crippen molar-refractivity contribution in [3.05, 3.63) is 64.8 Å². The molecule has 0 radical (unpaired) electrons. The predicted molar refractivity (Wildman–Crippen MR) is 113 cm³/mol. The molecule has 1 amide bonds. The molecule has 1 atom stereocenters. The molecule has 3 heterocycles. The van der Waals surface area contributed by atoms with Crippen molar-refractivity contribution < 1.29 is 4.79 Å². The molecule has 0 aliphatic carbocycles. The van der Waals surface area contributed by atoms with E-state index >= 15 is 0 Å². The van der Waals surface area contributed by atoms with E-state index in [1.165, 1.54) is 22.2 Å². The fourth-order valence-corrected chi connectivity index (χ4v) is 4.41. The number of nitrogens with zero attached hydrogens (tertiary/aromatic N) is 3. The summed E-state index contributed by atoms with van der Waals surface area (Å²) in [5.41, 5.74) is 2.27. The molecule has 3 aromatic heterocycles. The van der Waals surface area contributed by atoms with Gasteiger partial charge in [0.1, 0.15) is 15.6 Å². The van der Waals surface area contributed by atoms with E-state index in [0.717, 1.165) is 27.9 Å². The van der Waals surface area contributed by atoms with Crippen molar-refractivity contribution in [3.63, 3.8) is 0 Å². The highest BCUT2D eigenvalue weighted by molar-refractivity contribution is 7.25. The van der Waals surface area contributed by atoms with Gasteiger partial charge in [0.2, 0.25) is 5.91 Å². The zero-order chi connectivity index (χ0) is 19.7. The number of carbonyl (C=O) groups excluding carboxylic acids is 1. The Morgan fingerprint density at radius 1 is 1.18 bits per heavy atom. The standard InChI is InChI=1S/C21H20N4O2S/c1-3-13-8-5-6-10-15(13)24-19(26)16(4-2)25-12-23-17-14-9-7-11-22-20(14)28-18(17)21(25)27/h5-12,16H,3-4H2,1-2H3,(H,24,26)/t16-/m0/s1. The minimum absolute atomic E-state index is 0.209. The molecule has 1 aromatic carbocycles. The molecule has 0 saturated heterocycles. The molecule has 0 saturated carbocycles. The van der Waals surface area contributed by atoms with Gasteiger partial charge in [-0.3, -0.25) is 14.2 Å². The largest absolute Gasteiger partial charge is 0.324 e. The number of amides is 1. The normalized spacial score (nSPS) is 12.4. The SMILES string of the molecule is CCc1ccccc1NC(=O)[C@H](CC)n1cnc2c(sc3ncccc32)c1=O. The Bertz CT molecular complexity index is 1230. The number of aromatic nitrogens is 3. The van der Waals surface area contributed by atoms with Crippen LogP contribution in [0.3, 0.4) is 0 Å². The van der Waals surface area contributed by atoms with Crippen molar-refractivity contribution in [1.29, 1.82) is 0 Å². The van der Waals surface area contributed by atoms with Crippen molar-refractivity contribution >= 4 is 43.4 Å². The number of benzene rings is 1. The number of para-hydroxylation sites is 1. The van der Waals surface area contributed by atoms with Gasteiger partial charge < -0.3 is 5.32 Å². The lowest BCUT2D eigenvalue weighted by atomic mass is 10.1. The van der Waals surface area contributed by atoms with Crippen molar-refractivity contribution in [2.45, 2.75) is 32.7 Å². The number of pyridine rings is 1.